The standard InChI is InChI=1S/C26H30FN3O/c1-20-12-13-24(28-19-20)26(31)22-10-5-11-23(27)25(22)30-17-15-29(16-18-30)14-6-9-21-7-3-2-4-8-21/h2-5,7-8,10-13,19,26,31H,6,9,14-18H2,1H3. The summed E-state index contributed by atoms with van der Waals surface area (Å²) < 4.78 is 14.9. The lowest BCUT2D eigenvalue weighted by Gasteiger charge is -2.37. The molecular formula is C26H30FN3O. The zero-order chi connectivity index (χ0) is 21.6. The van der Waals surface area contributed by atoms with E-state index in [1.165, 1.54) is 11.6 Å². The molecule has 0 bridgehead atoms. The normalized spacial score (nSPS) is 15.8. The lowest BCUT2D eigenvalue weighted by Crippen LogP contribution is -2.47. The highest BCUT2D eigenvalue weighted by atomic mass is 19.1. The second kappa shape index (κ2) is 10.0. The van der Waals surface area contributed by atoms with Gasteiger partial charge in [0, 0.05) is 37.9 Å². The van der Waals surface area contributed by atoms with Gasteiger partial charge in [-0.3, -0.25) is 9.88 Å². The Balaban J connectivity index is 1.39. The molecule has 3 aromatic rings. The maximum Gasteiger partial charge on any atom is 0.146 e. The lowest BCUT2D eigenvalue weighted by molar-refractivity contribution is 0.214. The number of hydrogen-bond acceptors (Lipinski definition) is 4. The third kappa shape index (κ3) is 5.30. The number of piperazine rings is 1. The van der Waals surface area contributed by atoms with Gasteiger partial charge in [-0.05, 0) is 49.6 Å². The van der Waals surface area contributed by atoms with Gasteiger partial charge in [0.05, 0.1) is 11.4 Å². The molecule has 0 saturated carbocycles. The molecular weight excluding hydrogens is 389 g/mol. The third-order valence-corrected chi connectivity index (χ3v) is 6.00. The zero-order valence-corrected chi connectivity index (χ0v) is 18.0. The van der Waals surface area contributed by atoms with Crippen molar-refractivity contribution < 1.29 is 9.50 Å². The number of aryl methyl sites for hydroxylation is 2. The Kier molecular flexibility index (Phi) is 6.95. The van der Waals surface area contributed by atoms with E-state index in [0.717, 1.165) is 51.1 Å². The van der Waals surface area contributed by atoms with Crippen LogP contribution in [0.25, 0.3) is 0 Å². The first-order chi connectivity index (χ1) is 15.1. The van der Waals surface area contributed by atoms with E-state index >= 15 is 0 Å². The van der Waals surface area contributed by atoms with Gasteiger partial charge >= 0.3 is 0 Å². The van der Waals surface area contributed by atoms with Gasteiger partial charge in [0.25, 0.3) is 0 Å². The van der Waals surface area contributed by atoms with Gasteiger partial charge in [-0.1, -0.05) is 48.5 Å². The highest BCUT2D eigenvalue weighted by molar-refractivity contribution is 5.57. The molecule has 4 nitrogen and oxygen atoms in total. The minimum atomic E-state index is -0.949. The summed E-state index contributed by atoms with van der Waals surface area (Å²) in [5.74, 6) is -0.291. The first-order valence-corrected chi connectivity index (χ1v) is 11.0. The van der Waals surface area contributed by atoms with E-state index in [1.807, 2.05) is 19.1 Å². The summed E-state index contributed by atoms with van der Waals surface area (Å²) >= 11 is 0. The zero-order valence-electron chi connectivity index (χ0n) is 18.0. The number of rotatable bonds is 7. The van der Waals surface area contributed by atoms with Crippen molar-refractivity contribution in [3.63, 3.8) is 0 Å². The third-order valence-electron chi connectivity index (χ3n) is 6.00. The van der Waals surface area contributed by atoms with Crippen LogP contribution in [0.3, 0.4) is 0 Å². The molecule has 1 saturated heterocycles. The summed E-state index contributed by atoms with van der Waals surface area (Å²) in [5.41, 5.74) is 4.02. The lowest BCUT2D eigenvalue weighted by atomic mass is 10.0. The Morgan fingerprint density at radius 2 is 1.74 bits per heavy atom. The van der Waals surface area contributed by atoms with Crippen molar-refractivity contribution in [2.45, 2.75) is 25.9 Å². The molecule has 1 aliphatic heterocycles. The fraction of sp³-hybridized carbons (Fsp3) is 0.346. The van der Waals surface area contributed by atoms with Crippen molar-refractivity contribution in [3.05, 3.63) is 95.1 Å². The van der Waals surface area contributed by atoms with Gasteiger partial charge in [-0.15, -0.1) is 0 Å². The molecule has 31 heavy (non-hydrogen) atoms. The summed E-state index contributed by atoms with van der Waals surface area (Å²) in [4.78, 5) is 8.85. The van der Waals surface area contributed by atoms with Crippen LogP contribution in [0.15, 0.2) is 66.9 Å². The van der Waals surface area contributed by atoms with E-state index in [2.05, 4.69) is 39.0 Å². The monoisotopic (exact) mass is 419 g/mol. The van der Waals surface area contributed by atoms with Crippen LogP contribution < -0.4 is 4.90 Å². The second-order valence-corrected chi connectivity index (χ2v) is 8.26. The van der Waals surface area contributed by atoms with E-state index in [0.29, 0.717) is 16.9 Å². The molecule has 2 aromatic carbocycles. The number of aromatic nitrogens is 1. The van der Waals surface area contributed by atoms with Crippen LogP contribution in [-0.4, -0.2) is 47.7 Å². The van der Waals surface area contributed by atoms with Crippen molar-refractivity contribution >= 4 is 5.69 Å². The second-order valence-electron chi connectivity index (χ2n) is 8.26. The van der Waals surface area contributed by atoms with Gasteiger partial charge in [0.15, 0.2) is 0 Å². The van der Waals surface area contributed by atoms with Crippen LogP contribution in [0.4, 0.5) is 10.1 Å². The number of para-hydroxylation sites is 1. The van der Waals surface area contributed by atoms with E-state index < -0.39 is 6.10 Å². The topological polar surface area (TPSA) is 39.6 Å². The van der Waals surface area contributed by atoms with Gasteiger partial charge in [-0.2, -0.15) is 0 Å². The Labute approximate surface area is 184 Å². The van der Waals surface area contributed by atoms with Crippen LogP contribution in [-0.2, 0) is 6.42 Å². The average Bonchev–Trinajstić information content (AvgIpc) is 2.80. The van der Waals surface area contributed by atoms with Gasteiger partial charge < -0.3 is 10.0 Å². The van der Waals surface area contributed by atoms with Gasteiger partial charge in [-0.25, -0.2) is 4.39 Å². The molecule has 1 N–H and O–H groups in total. The minimum Gasteiger partial charge on any atom is -0.382 e. The number of aliphatic hydroxyl groups excluding tert-OH is 1. The number of aliphatic hydroxyl groups is 1. The Morgan fingerprint density at radius 1 is 0.968 bits per heavy atom. The molecule has 1 aromatic heterocycles. The SMILES string of the molecule is Cc1ccc(C(O)c2cccc(F)c2N2CCN(CCCc3ccccc3)CC2)nc1. The highest BCUT2D eigenvalue weighted by Crippen LogP contribution is 2.33. The molecule has 0 aliphatic carbocycles. The molecule has 1 unspecified atom stereocenters. The molecule has 0 spiro atoms. The molecule has 2 heterocycles. The van der Waals surface area contributed by atoms with E-state index in [9.17, 15) is 9.50 Å². The van der Waals surface area contributed by atoms with Crippen LogP contribution in [0, 0.1) is 12.7 Å². The summed E-state index contributed by atoms with van der Waals surface area (Å²) in [6, 6.07) is 19.2. The average molecular weight is 420 g/mol. The molecule has 1 fully saturated rings. The molecule has 5 heteroatoms. The fourth-order valence-electron chi connectivity index (χ4n) is 4.23. The van der Waals surface area contributed by atoms with Gasteiger partial charge in [0.2, 0.25) is 0 Å². The molecule has 0 radical (unpaired) electrons. The Bertz CT molecular complexity index is 970. The maximum absolute atomic E-state index is 14.9. The quantitative estimate of drug-likeness (QED) is 0.618. The minimum absolute atomic E-state index is 0.291. The summed E-state index contributed by atoms with van der Waals surface area (Å²) in [7, 11) is 0. The molecule has 162 valence electrons. The van der Waals surface area contributed by atoms with Gasteiger partial charge in [0.1, 0.15) is 11.9 Å². The number of anilines is 1. The number of hydrogen-bond donors (Lipinski definition) is 1. The summed E-state index contributed by atoms with van der Waals surface area (Å²) in [6.45, 7) is 6.27. The molecule has 4 rings (SSSR count). The number of pyridine rings is 1. The summed E-state index contributed by atoms with van der Waals surface area (Å²) in [6.07, 6.45) is 2.97. The molecule has 1 aliphatic rings. The number of benzene rings is 2. The van der Waals surface area contributed by atoms with Crippen molar-refractivity contribution in [2.75, 3.05) is 37.6 Å². The Hall–Kier alpha value is -2.76. The van der Waals surface area contributed by atoms with Crippen LogP contribution in [0.1, 0.15) is 34.9 Å². The van der Waals surface area contributed by atoms with Crippen molar-refractivity contribution in [1.82, 2.24) is 9.88 Å². The van der Waals surface area contributed by atoms with Crippen LogP contribution >= 0.6 is 0 Å². The number of halogens is 1. The van der Waals surface area contributed by atoms with E-state index in [4.69, 9.17) is 0 Å². The molecule has 1 atom stereocenters. The first kappa shape index (κ1) is 21.5. The van der Waals surface area contributed by atoms with E-state index in [1.54, 1.807) is 24.4 Å². The number of nitrogens with zero attached hydrogens (tertiary/aromatic N) is 3. The van der Waals surface area contributed by atoms with Crippen molar-refractivity contribution in [2.24, 2.45) is 0 Å². The Morgan fingerprint density at radius 3 is 2.45 bits per heavy atom. The smallest absolute Gasteiger partial charge is 0.146 e. The van der Waals surface area contributed by atoms with Crippen molar-refractivity contribution in [3.8, 4) is 0 Å². The van der Waals surface area contributed by atoms with Crippen LogP contribution in [0.5, 0.6) is 0 Å². The van der Waals surface area contributed by atoms with Crippen molar-refractivity contribution in [1.29, 1.82) is 0 Å². The first-order valence-electron chi connectivity index (χ1n) is 11.0. The fourth-order valence-corrected chi connectivity index (χ4v) is 4.23. The maximum atomic E-state index is 14.9. The predicted octanol–water partition coefficient (Wildman–Crippen LogP) is 4.37. The highest BCUT2D eigenvalue weighted by Gasteiger charge is 2.25. The molecule has 0 amide bonds. The predicted molar refractivity (Wildman–Crippen MR) is 123 cm³/mol. The van der Waals surface area contributed by atoms with E-state index in [-0.39, 0.29) is 5.82 Å². The van der Waals surface area contributed by atoms with Crippen LogP contribution in [0.2, 0.25) is 0 Å². The summed E-state index contributed by atoms with van der Waals surface area (Å²) in [5, 5.41) is 10.9. The largest absolute Gasteiger partial charge is 0.382 e.